The molecule has 3 rings (SSSR count). The fourth-order valence-corrected chi connectivity index (χ4v) is 3.04. The van der Waals surface area contributed by atoms with E-state index in [1.54, 1.807) is 18.2 Å². The zero-order valence-corrected chi connectivity index (χ0v) is 15.0. The van der Waals surface area contributed by atoms with Crippen LogP contribution >= 0.6 is 0 Å². The van der Waals surface area contributed by atoms with Crippen LogP contribution in [0.1, 0.15) is 44.7 Å². The average molecular weight is 384 g/mol. The standard InChI is InChI=1S/C19H21BN2O6/c21-19(7-8-19)13-5-1-4-12(9-13)17(24)22-15(20(27)28)10-11-3-2-6-14(16(11)23)18(25)26/h1-6,9,15,23,27-28H,7-8,10,21H2,(H,22,24)(H,25,26). The molecule has 1 aliphatic rings. The molecule has 0 aliphatic heterocycles. The van der Waals surface area contributed by atoms with E-state index in [4.69, 9.17) is 10.8 Å². The zero-order chi connectivity index (χ0) is 20.5. The van der Waals surface area contributed by atoms with Gasteiger partial charge in [0.25, 0.3) is 5.91 Å². The van der Waals surface area contributed by atoms with Crippen molar-refractivity contribution in [2.45, 2.75) is 30.7 Å². The Kier molecular flexibility index (Phi) is 5.41. The number of aromatic hydroxyl groups is 1. The van der Waals surface area contributed by atoms with Gasteiger partial charge in [-0.05, 0) is 48.6 Å². The number of hydrogen-bond donors (Lipinski definition) is 6. The van der Waals surface area contributed by atoms with E-state index in [0.717, 1.165) is 18.4 Å². The molecular weight excluding hydrogens is 363 g/mol. The SMILES string of the molecule is NC1(c2cccc(C(=O)NC(Cc3cccc(C(=O)O)c3O)B(O)O)c2)CC1. The van der Waals surface area contributed by atoms with Crippen molar-refractivity contribution >= 4 is 19.0 Å². The topological polar surface area (TPSA) is 153 Å². The van der Waals surface area contributed by atoms with Crippen LogP contribution in [0, 0.1) is 0 Å². The maximum Gasteiger partial charge on any atom is 0.475 e. The van der Waals surface area contributed by atoms with Crippen LogP contribution in [0.25, 0.3) is 0 Å². The van der Waals surface area contributed by atoms with Crippen LogP contribution in [0.3, 0.4) is 0 Å². The molecule has 1 amide bonds. The molecule has 1 atom stereocenters. The number of nitrogens with two attached hydrogens (primary N) is 1. The Labute approximate surface area is 161 Å². The van der Waals surface area contributed by atoms with Crippen molar-refractivity contribution < 1.29 is 29.9 Å². The Bertz CT molecular complexity index is 913. The van der Waals surface area contributed by atoms with E-state index >= 15 is 0 Å². The van der Waals surface area contributed by atoms with Crippen LogP contribution in [-0.2, 0) is 12.0 Å². The minimum atomic E-state index is -1.91. The smallest absolute Gasteiger partial charge is 0.475 e. The minimum absolute atomic E-state index is 0.170. The number of rotatable bonds is 7. The molecule has 7 N–H and O–H groups in total. The Balaban J connectivity index is 1.78. The molecule has 0 radical (unpaired) electrons. The molecule has 1 unspecified atom stereocenters. The molecule has 1 aliphatic carbocycles. The molecule has 28 heavy (non-hydrogen) atoms. The van der Waals surface area contributed by atoms with Crippen LogP contribution in [0.15, 0.2) is 42.5 Å². The highest BCUT2D eigenvalue weighted by molar-refractivity contribution is 6.43. The third-order valence-electron chi connectivity index (χ3n) is 4.95. The van der Waals surface area contributed by atoms with Crippen molar-refractivity contribution in [1.29, 1.82) is 0 Å². The predicted octanol–water partition coefficient (Wildman–Crippen LogP) is 0.391. The van der Waals surface area contributed by atoms with Crippen LogP contribution < -0.4 is 11.1 Å². The summed E-state index contributed by atoms with van der Waals surface area (Å²) in [6, 6.07) is 10.9. The Hall–Kier alpha value is -2.88. The van der Waals surface area contributed by atoms with E-state index in [9.17, 15) is 24.7 Å². The molecule has 1 fully saturated rings. The number of benzene rings is 2. The van der Waals surface area contributed by atoms with Gasteiger partial charge in [-0.25, -0.2) is 4.79 Å². The lowest BCUT2D eigenvalue weighted by Gasteiger charge is -2.19. The zero-order valence-electron chi connectivity index (χ0n) is 15.0. The maximum atomic E-state index is 12.6. The number of aromatic carboxylic acids is 1. The quantitative estimate of drug-likeness (QED) is 0.378. The van der Waals surface area contributed by atoms with Crippen LogP contribution in [0.2, 0.25) is 0 Å². The molecule has 0 bridgehead atoms. The predicted molar refractivity (Wildman–Crippen MR) is 102 cm³/mol. The number of carboxylic acid groups (broad SMARTS) is 1. The second-order valence-electron chi connectivity index (χ2n) is 7.05. The van der Waals surface area contributed by atoms with Crippen molar-refractivity contribution in [2.24, 2.45) is 5.73 Å². The molecule has 0 spiro atoms. The number of amides is 1. The van der Waals surface area contributed by atoms with Crippen LogP contribution in [0.5, 0.6) is 5.75 Å². The Morgan fingerprint density at radius 3 is 2.46 bits per heavy atom. The van der Waals surface area contributed by atoms with Crippen molar-refractivity contribution in [2.75, 3.05) is 0 Å². The fourth-order valence-electron chi connectivity index (χ4n) is 3.04. The molecule has 9 heteroatoms. The first kappa shape index (κ1) is 19.9. The van der Waals surface area contributed by atoms with Crippen molar-refractivity contribution in [3.63, 3.8) is 0 Å². The third kappa shape index (κ3) is 4.17. The number of hydrogen-bond acceptors (Lipinski definition) is 6. The molecule has 2 aromatic carbocycles. The van der Waals surface area contributed by atoms with Crippen LogP contribution in [0.4, 0.5) is 0 Å². The van der Waals surface area contributed by atoms with Crippen molar-refractivity contribution in [3.05, 3.63) is 64.7 Å². The lowest BCUT2D eigenvalue weighted by Crippen LogP contribution is -2.48. The van der Waals surface area contributed by atoms with E-state index in [2.05, 4.69) is 5.32 Å². The third-order valence-corrected chi connectivity index (χ3v) is 4.95. The van der Waals surface area contributed by atoms with Gasteiger partial charge in [0.1, 0.15) is 11.3 Å². The molecule has 0 heterocycles. The summed E-state index contributed by atoms with van der Waals surface area (Å²) in [7, 11) is -1.91. The van der Waals surface area contributed by atoms with Gasteiger partial charge in [-0.1, -0.05) is 24.3 Å². The first-order valence-electron chi connectivity index (χ1n) is 8.82. The maximum absolute atomic E-state index is 12.6. The molecule has 8 nitrogen and oxygen atoms in total. The highest BCUT2D eigenvalue weighted by atomic mass is 16.4. The summed E-state index contributed by atoms with van der Waals surface area (Å²) >= 11 is 0. The first-order valence-corrected chi connectivity index (χ1v) is 8.82. The normalized spacial score (nSPS) is 15.5. The Morgan fingerprint density at radius 1 is 1.18 bits per heavy atom. The summed E-state index contributed by atoms with van der Waals surface area (Å²) < 4.78 is 0. The molecule has 146 valence electrons. The monoisotopic (exact) mass is 384 g/mol. The van der Waals surface area contributed by atoms with Crippen LogP contribution in [-0.4, -0.2) is 45.2 Å². The second kappa shape index (κ2) is 7.63. The van der Waals surface area contributed by atoms with Gasteiger partial charge in [0.15, 0.2) is 0 Å². The van der Waals surface area contributed by atoms with Gasteiger partial charge in [-0.3, -0.25) is 4.79 Å². The summed E-state index contributed by atoms with van der Waals surface area (Å²) in [5, 5.41) is 41.0. The average Bonchev–Trinajstić information content (AvgIpc) is 3.41. The fraction of sp³-hybridized carbons (Fsp3) is 0.263. The minimum Gasteiger partial charge on any atom is -0.507 e. The van der Waals surface area contributed by atoms with Crippen molar-refractivity contribution in [1.82, 2.24) is 5.32 Å². The number of carbonyl (C=O) groups is 2. The lowest BCUT2D eigenvalue weighted by molar-refractivity contribution is 0.0693. The first-order chi connectivity index (χ1) is 13.2. The van der Waals surface area contributed by atoms with Gasteiger partial charge in [-0.2, -0.15) is 0 Å². The summed E-state index contributed by atoms with van der Waals surface area (Å²) in [5.41, 5.74) is 6.78. The summed E-state index contributed by atoms with van der Waals surface area (Å²) in [6.45, 7) is 0. The number of nitrogens with one attached hydrogen (secondary N) is 1. The van der Waals surface area contributed by atoms with Gasteiger partial charge in [0, 0.05) is 11.1 Å². The van der Waals surface area contributed by atoms with E-state index in [0.29, 0.717) is 5.56 Å². The van der Waals surface area contributed by atoms with Gasteiger partial charge in [0.05, 0.1) is 5.94 Å². The van der Waals surface area contributed by atoms with Gasteiger partial charge in [-0.15, -0.1) is 0 Å². The Morgan fingerprint density at radius 2 is 1.86 bits per heavy atom. The highest BCUT2D eigenvalue weighted by Gasteiger charge is 2.40. The molecule has 0 saturated heterocycles. The van der Waals surface area contributed by atoms with E-state index in [1.165, 1.54) is 18.2 Å². The second-order valence-corrected chi connectivity index (χ2v) is 7.05. The lowest BCUT2D eigenvalue weighted by atomic mass is 9.75. The number of phenols is 1. The largest absolute Gasteiger partial charge is 0.507 e. The van der Waals surface area contributed by atoms with E-state index < -0.39 is 36.2 Å². The summed E-state index contributed by atoms with van der Waals surface area (Å²) in [4.78, 5) is 23.7. The molecule has 0 aromatic heterocycles. The molecular formula is C19H21BN2O6. The van der Waals surface area contributed by atoms with Gasteiger partial charge >= 0.3 is 13.1 Å². The summed E-state index contributed by atoms with van der Waals surface area (Å²) in [5.74, 6) is -3.47. The number of carbonyl (C=O) groups excluding carboxylic acids is 1. The van der Waals surface area contributed by atoms with Gasteiger partial charge in [0.2, 0.25) is 0 Å². The van der Waals surface area contributed by atoms with Gasteiger partial charge < -0.3 is 31.3 Å². The summed E-state index contributed by atoms with van der Waals surface area (Å²) in [6.07, 6.45) is 1.52. The number of carboxylic acids is 1. The number of para-hydroxylation sites is 1. The molecule has 1 saturated carbocycles. The van der Waals surface area contributed by atoms with Crippen molar-refractivity contribution in [3.8, 4) is 5.75 Å². The highest BCUT2D eigenvalue weighted by Crippen LogP contribution is 2.42. The molecule has 2 aromatic rings. The van der Waals surface area contributed by atoms with E-state index in [1.807, 2.05) is 6.07 Å². The van der Waals surface area contributed by atoms with E-state index in [-0.39, 0.29) is 17.5 Å².